The van der Waals surface area contributed by atoms with Crippen LogP contribution in [0.2, 0.25) is 0 Å². The van der Waals surface area contributed by atoms with Gasteiger partial charge in [-0.05, 0) is 25.0 Å². The van der Waals surface area contributed by atoms with Crippen molar-refractivity contribution in [2.45, 2.75) is 43.6 Å². The van der Waals surface area contributed by atoms with E-state index in [0.29, 0.717) is 18.9 Å². The van der Waals surface area contributed by atoms with Crippen molar-refractivity contribution in [2.75, 3.05) is 18.5 Å². The largest absolute Gasteiger partial charge is 0.467 e. The maximum absolute atomic E-state index is 13.6. The van der Waals surface area contributed by atoms with Gasteiger partial charge in [0.2, 0.25) is 0 Å². The van der Waals surface area contributed by atoms with E-state index in [1.54, 1.807) is 12.1 Å². The van der Waals surface area contributed by atoms with Gasteiger partial charge in [0.25, 0.3) is 5.91 Å². The monoisotopic (exact) mass is 384 g/mol. The number of furan rings is 1. The molecule has 4 heterocycles. The molecule has 7 nitrogen and oxygen atoms in total. The van der Waals surface area contributed by atoms with E-state index in [-0.39, 0.29) is 24.0 Å². The number of nitrogens with one attached hydrogen (secondary N) is 2. The van der Waals surface area contributed by atoms with Crippen LogP contribution in [-0.2, 0) is 4.74 Å². The Balaban J connectivity index is 1.55. The van der Waals surface area contributed by atoms with E-state index in [9.17, 15) is 18.0 Å². The number of alkyl halides is 3. The number of anilines is 1. The van der Waals surface area contributed by atoms with Gasteiger partial charge in [-0.25, -0.2) is 4.68 Å². The average molecular weight is 384 g/mol. The van der Waals surface area contributed by atoms with Gasteiger partial charge in [-0.15, -0.1) is 0 Å². The molecule has 10 heteroatoms. The second-order valence-electron chi connectivity index (χ2n) is 6.71. The fourth-order valence-corrected chi connectivity index (χ4v) is 3.46. The Kier molecular flexibility index (Phi) is 4.58. The maximum atomic E-state index is 13.6. The normalized spacial score (nSPS) is 25.1. The molecule has 0 spiro atoms. The van der Waals surface area contributed by atoms with E-state index in [2.05, 4.69) is 15.7 Å². The van der Waals surface area contributed by atoms with Crippen LogP contribution in [0.3, 0.4) is 0 Å². The first-order valence-corrected chi connectivity index (χ1v) is 8.78. The standard InChI is InChI=1S/C17H19F3N4O3/c18-17(19,20)14-7-11(13-4-2-6-27-13)22-15-8-12(23-24(14)15)16(25)21-9-10-3-1-5-26-10/h2,4,6,8,10-11,14,22H,1,3,5,7,9H2,(H,21,25)/t10-,11-,14+/m1/s1. The Morgan fingerprint density at radius 3 is 2.96 bits per heavy atom. The molecule has 0 bridgehead atoms. The highest BCUT2D eigenvalue weighted by atomic mass is 19.4. The first kappa shape index (κ1) is 17.9. The molecular weight excluding hydrogens is 365 g/mol. The number of halogens is 3. The molecule has 0 aliphatic carbocycles. The highest BCUT2D eigenvalue weighted by Crippen LogP contribution is 2.43. The summed E-state index contributed by atoms with van der Waals surface area (Å²) < 4.78 is 52.2. The molecule has 2 aromatic rings. The molecule has 2 aliphatic rings. The van der Waals surface area contributed by atoms with Crippen molar-refractivity contribution in [1.29, 1.82) is 0 Å². The Morgan fingerprint density at radius 2 is 2.30 bits per heavy atom. The van der Waals surface area contributed by atoms with Crippen LogP contribution >= 0.6 is 0 Å². The molecule has 2 aromatic heterocycles. The zero-order chi connectivity index (χ0) is 19.0. The number of amides is 1. The van der Waals surface area contributed by atoms with E-state index < -0.39 is 24.2 Å². The zero-order valence-electron chi connectivity index (χ0n) is 14.3. The van der Waals surface area contributed by atoms with Crippen LogP contribution < -0.4 is 10.6 Å². The number of fused-ring (bicyclic) bond motifs is 1. The number of hydrogen-bond acceptors (Lipinski definition) is 5. The second kappa shape index (κ2) is 6.91. The Bertz CT molecular complexity index is 797. The number of ether oxygens (including phenoxy) is 1. The predicted octanol–water partition coefficient (Wildman–Crippen LogP) is 3.05. The highest BCUT2D eigenvalue weighted by molar-refractivity contribution is 5.93. The first-order chi connectivity index (χ1) is 12.9. The zero-order valence-corrected chi connectivity index (χ0v) is 14.3. The Morgan fingerprint density at radius 1 is 1.44 bits per heavy atom. The molecule has 1 saturated heterocycles. The fourth-order valence-electron chi connectivity index (χ4n) is 3.46. The van der Waals surface area contributed by atoms with Gasteiger partial charge in [-0.3, -0.25) is 4.79 Å². The quantitative estimate of drug-likeness (QED) is 0.847. The molecule has 2 N–H and O–H groups in total. The van der Waals surface area contributed by atoms with E-state index in [1.165, 1.54) is 12.3 Å². The third-order valence-corrected chi connectivity index (χ3v) is 4.82. The van der Waals surface area contributed by atoms with Crippen LogP contribution in [0, 0.1) is 0 Å². The molecule has 3 atom stereocenters. The average Bonchev–Trinajstić information content (AvgIpc) is 3.38. The summed E-state index contributed by atoms with van der Waals surface area (Å²) in [4.78, 5) is 12.3. The Hall–Kier alpha value is -2.49. The number of hydrogen-bond donors (Lipinski definition) is 2. The molecule has 1 fully saturated rings. The lowest BCUT2D eigenvalue weighted by Gasteiger charge is -2.32. The van der Waals surface area contributed by atoms with Crippen LogP contribution in [-0.4, -0.2) is 41.1 Å². The SMILES string of the molecule is O=C(NC[C@H]1CCCO1)c1cc2n(n1)[C@H](C(F)(F)F)C[C@H](c1ccco1)N2. The molecule has 2 aliphatic heterocycles. The molecule has 4 rings (SSSR count). The minimum atomic E-state index is -4.50. The van der Waals surface area contributed by atoms with Crippen LogP contribution in [0.5, 0.6) is 0 Å². The topological polar surface area (TPSA) is 81.3 Å². The molecule has 0 radical (unpaired) electrons. The molecular formula is C17H19F3N4O3. The van der Waals surface area contributed by atoms with Crippen LogP contribution in [0.15, 0.2) is 28.9 Å². The summed E-state index contributed by atoms with van der Waals surface area (Å²) in [5, 5.41) is 9.56. The van der Waals surface area contributed by atoms with Crippen molar-refractivity contribution in [2.24, 2.45) is 0 Å². The summed E-state index contributed by atoms with van der Waals surface area (Å²) in [6.07, 6.45) is -1.64. The minimum Gasteiger partial charge on any atom is -0.467 e. The number of carbonyl (C=O) groups is 1. The number of rotatable bonds is 4. The van der Waals surface area contributed by atoms with E-state index >= 15 is 0 Å². The van der Waals surface area contributed by atoms with E-state index in [0.717, 1.165) is 17.5 Å². The number of aromatic nitrogens is 2. The minimum absolute atomic E-state index is 0.0597. The number of nitrogens with zero attached hydrogens (tertiary/aromatic N) is 2. The number of carbonyl (C=O) groups excluding carboxylic acids is 1. The third kappa shape index (κ3) is 3.66. The molecule has 0 saturated carbocycles. The highest BCUT2D eigenvalue weighted by Gasteiger charge is 2.47. The van der Waals surface area contributed by atoms with Gasteiger partial charge in [-0.1, -0.05) is 0 Å². The van der Waals surface area contributed by atoms with Gasteiger partial charge < -0.3 is 19.8 Å². The van der Waals surface area contributed by atoms with Gasteiger partial charge in [0, 0.05) is 25.6 Å². The van der Waals surface area contributed by atoms with Crippen molar-refractivity contribution >= 4 is 11.7 Å². The smallest absolute Gasteiger partial charge is 0.410 e. The molecule has 0 aromatic carbocycles. The van der Waals surface area contributed by atoms with Crippen LogP contribution in [0.4, 0.5) is 19.0 Å². The predicted molar refractivity (Wildman–Crippen MR) is 88.3 cm³/mol. The Labute approximate surface area is 152 Å². The fraction of sp³-hybridized carbons (Fsp3) is 0.529. The summed E-state index contributed by atoms with van der Waals surface area (Å²) in [6, 6.07) is 2.07. The summed E-state index contributed by atoms with van der Waals surface area (Å²) in [7, 11) is 0. The maximum Gasteiger partial charge on any atom is 0.410 e. The van der Waals surface area contributed by atoms with Crippen molar-refractivity contribution in [3.63, 3.8) is 0 Å². The lowest BCUT2D eigenvalue weighted by Crippen LogP contribution is -2.36. The molecule has 1 amide bonds. The van der Waals surface area contributed by atoms with Crippen molar-refractivity contribution < 1.29 is 27.1 Å². The third-order valence-electron chi connectivity index (χ3n) is 4.82. The van der Waals surface area contributed by atoms with Gasteiger partial charge in [0.15, 0.2) is 11.7 Å². The summed E-state index contributed by atoms with van der Waals surface area (Å²) >= 11 is 0. The van der Waals surface area contributed by atoms with Gasteiger partial charge in [0.1, 0.15) is 11.6 Å². The molecule has 0 unspecified atom stereocenters. The van der Waals surface area contributed by atoms with Gasteiger partial charge in [0.05, 0.1) is 18.4 Å². The lowest BCUT2D eigenvalue weighted by atomic mass is 10.0. The van der Waals surface area contributed by atoms with Crippen LogP contribution in [0.25, 0.3) is 0 Å². The van der Waals surface area contributed by atoms with Gasteiger partial charge >= 0.3 is 6.18 Å². The van der Waals surface area contributed by atoms with Crippen LogP contribution in [0.1, 0.15) is 47.6 Å². The summed E-state index contributed by atoms with van der Waals surface area (Å²) in [6.45, 7) is 0.969. The van der Waals surface area contributed by atoms with Gasteiger partial charge in [-0.2, -0.15) is 18.3 Å². The van der Waals surface area contributed by atoms with E-state index in [1.807, 2.05) is 0 Å². The second-order valence-corrected chi connectivity index (χ2v) is 6.71. The lowest BCUT2D eigenvalue weighted by molar-refractivity contribution is -0.174. The van der Waals surface area contributed by atoms with Crippen molar-refractivity contribution in [3.8, 4) is 0 Å². The van der Waals surface area contributed by atoms with E-state index in [4.69, 9.17) is 9.15 Å². The van der Waals surface area contributed by atoms with Crippen molar-refractivity contribution in [3.05, 3.63) is 35.9 Å². The molecule has 146 valence electrons. The first-order valence-electron chi connectivity index (χ1n) is 8.78. The van der Waals surface area contributed by atoms with Crippen molar-refractivity contribution in [1.82, 2.24) is 15.1 Å². The summed E-state index contributed by atoms with van der Waals surface area (Å²) in [5.41, 5.74) is -0.0650. The summed E-state index contributed by atoms with van der Waals surface area (Å²) in [5.74, 6) is 0.0120. The molecule has 27 heavy (non-hydrogen) atoms.